The lowest BCUT2D eigenvalue weighted by Crippen LogP contribution is -2.31. The number of benzene rings is 2. The van der Waals surface area contributed by atoms with Gasteiger partial charge in [0.1, 0.15) is 0 Å². The lowest BCUT2D eigenvalue weighted by molar-refractivity contribution is -0.259. The summed E-state index contributed by atoms with van der Waals surface area (Å²) in [6.45, 7) is -0.145. The molecule has 2 aromatic rings. The predicted molar refractivity (Wildman–Crippen MR) is 70.9 cm³/mol. The Morgan fingerprint density at radius 2 is 1.60 bits per heavy atom. The van der Waals surface area contributed by atoms with E-state index >= 15 is 0 Å². The van der Waals surface area contributed by atoms with E-state index in [1.165, 1.54) is 0 Å². The van der Waals surface area contributed by atoms with Crippen LogP contribution in [0.15, 0.2) is 54.6 Å². The Hall–Kier alpha value is -2.73. The second-order valence-electron chi connectivity index (χ2n) is 4.01. The number of hydrogen-bond acceptors (Lipinski definition) is 5. The first-order valence-corrected chi connectivity index (χ1v) is 6.02. The van der Waals surface area contributed by atoms with Crippen molar-refractivity contribution < 1.29 is 19.2 Å². The molecule has 0 aliphatic carbocycles. The topological polar surface area (TPSA) is 60.0 Å². The molecule has 1 amide bonds. The minimum absolute atomic E-state index is 0.145. The fourth-order valence-corrected chi connectivity index (χ4v) is 1.68. The van der Waals surface area contributed by atoms with Crippen molar-refractivity contribution in [1.29, 1.82) is 0 Å². The van der Waals surface area contributed by atoms with Gasteiger partial charge in [-0.05, 0) is 24.3 Å². The largest absolute Gasteiger partial charge is 0.426 e. The molecule has 0 saturated heterocycles. The summed E-state index contributed by atoms with van der Waals surface area (Å²) in [7, 11) is 0. The molecule has 3 rings (SSSR count). The van der Waals surface area contributed by atoms with E-state index in [1.54, 1.807) is 24.3 Å². The molecule has 2 aromatic carbocycles. The number of para-hydroxylation sites is 3. The minimum atomic E-state index is -0.584. The van der Waals surface area contributed by atoms with Gasteiger partial charge in [-0.1, -0.05) is 30.3 Å². The highest BCUT2D eigenvalue weighted by atomic mass is 17.0. The first kappa shape index (κ1) is 12.3. The Morgan fingerprint density at radius 3 is 2.25 bits per heavy atom. The van der Waals surface area contributed by atoms with Gasteiger partial charge in [0.15, 0.2) is 11.5 Å². The van der Waals surface area contributed by atoms with Crippen LogP contribution in [0.4, 0.5) is 10.5 Å². The summed E-state index contributed by atoms with van der Waals surface area (Å²) in [5.41, 5.74) is 0.657. The molecule has 20 heavy (non-hydrogen) atoms. The number of carbonyl (C=O) groups excluding carboxylic acids is 1. The van der Waals surface area contributed by atoms with E-state index in [2.05, 4.69) is 5.32 Å². The molecule has 102 valence electrons. The van der Waals surface area contributed by atoms with Crippen molar-refractivity contribution in [3.8, 4) is 11.5 Å². The standard InChI is InChI=1S/C14H12N2O4/c17-14(15-11-6-2-1-3-7-11)18-10-16-19-12-8-4-5-9-13(12)20-16/h1-9H,10H2,(H,15,17). The van der Waals surface area contributed by atoms with Gasteiger partial charge in [-0.15, -0.1) is 0 Å². The molecule has 0 fully saturated rings. The quantitative estimate of drug-likeness (QED) is 0.931. The monoisotopic (exact) mass is 272 g/mol. The summed E-state index contributed by atoms with van der Waals surface area (Å²) in [6, 6.07) is 16.2. The maximum absolute atomic E-state index is 11.6. The van der Waals surface area contributed by atoms with Crippen LogP contribution >= 0.6 is 0 Å². The van der Waals surface area contributed by atoms with E-state index in [4.69, 9.17) is 14.4 Å². The van der Waals surface area contributed by atoms with Gasteiger partial charge in [0.2, 0.25) is 6.73 Å². The van der Waals surface area contributed by atoms with Gasteiger partial charge in [0.05, 0.1) is 5.23 Å². The molecule has 0 aromatic heterocycles. The van der Waals surface area contributed by atoms with Crippen LogP contribution in [0, 0.1) is 0 Å². The van der Waals surface area contributed by atoms with Gasteiger partial charge in [-0.25, -0.2) is 4.79 Å². The molecule has 0 saturated carbocycles. The predicted octanol–water partition coefficient (Wildman–Crippen LogP) is 2.80. The van der Waals surface area contributed by atoms with E-state index in [0.717, 1.165) is 5.23 Å². The molecular formula is C14H12N2O4. The highest BCUT2D eigenvalue weighted by Gasteiger charge is 2.23. The van der Waals surface area contributed by atoms with Crippen molar-refractivity contribution in [3.05, 3.63) is 54.6 Å². The maximum Gasteiger partial charge on any atom is 0.413 e. The molecular weight excluding hydrogens is 260 g/mol. The van der Waals surface area contributed by atoms with Crippen molar-refractivity contribution in [3.63, 3.8) is 0 Å². The molecule has 0 bridgehead atoms. The van der Waals surface area contributed by atoms with Gasteiger partial charge in [-0.3, -0.25) is 5.32 Å². The highest BCUT2D eigenvalue weighted by Crippen LogP contribution is 2.32. The molecule has 0 radical (unpaired) electrons. The molecule has 0 spiro atoms. The van der Waals surface area contributed by atoms with E-state index < -0.39 is 6.09 Å². The number of nitrogens with one attached hydrogen (secondary N) is 1. The number of nitrogens with zero attached hydrogens (tertiary/aromatic N) is 1. The third-order valence-corrected chi connectivity index (χ3v) is 2.57. The first-order valence-electron chi connectivity index (χ1n) is 6.02. The summed E-state index contributed by atoms with van der Waals surface area (Å²) >= 11 is 0. The van der Waals surface area contributed by atoms with Crippen molar-refractivity contribution in [2.75, 3.05) is 12.0 Å². The second-order valence-corrected chi connectivity index (χ2v) is 4.01. The first-order chi connectivity index (χ1) is 9.81. The fourth-order valence-electron chi connectivity index (χ4n) is 1.68. The van der Waals surface area contributed by atoms with Crippen LogP contribution in [0.3, 0.4) is 0 Å². The number of anilines is 1. The Morgan fingerprint density at radius 1 is 1.00 bits per heavy atom. The number of fused-ring (bicyclic) bond motifs is 1. The molecule has 6 heteroatoms. The van der Waals surface area contributed by atoms with Gasteiger partial charge >= 0.3 is 6.09 Å². The smallest absolute Gasteiger partial charge is 0.413 e. The lowest BCUT2D eigenvalue weighted by atomic mass is 10.3. The summed E-state index contributed by atoms with van der Waals surface area (Å²) in [4.78, 5) is 22.2. The second kappa shape index (κ2) is 5.50. The minimum Gasteiger partial charge on any atom is -0.426 e. The molecule has 6 nitrogen and oxygen atoms in total. The summed E-state index contributed by atoms with van der Waals surface area (Å²) in [6.07, 6.45) is -0.584. The number of hydroxylamine groups is 2. The molecule has 1 N–H and O–H groups in total. The van der Waals surface area contributed by atoms with E-state index in [0.29, 0.717) is 17.2 Å². The average Bonchev–Trinajstić information content (AvgIpc) is 2.89. The summed E-state index contributed by atoms with van der Waals surface area (Å²) < 4.78 is 4.99. The normalized spacial score (nSPS) is 13.0. The maximum atomic E-state index is 11.6. The van der Waals surface area contributed by atoms with Crippen molar-refractivity contribution in [1.82, 2.24) is 5.23 Å². The Kier molecular flexibility index (Phi) is 3.38. The van der Waals surface area contributed by atoms with Gasteiger partial charge in [0, 0.05) is 5.69 Å². The average molecular weight is 272 g/mol. The molecule has 1 aliphatic heterocycles. The molecule has 0 atom stereocenters. The van der Waals surface area contributed by atoms with Crippen LogP contribution in [0.1, 0.15) is 0 Å². The molecule has 0 unspecified atom stereocenters. The summed E-state index contributed by atoms with van der Waals surface area (Å²) in [5, 5.41) is 3.68. The van der Waals surface area contributed by atoms with Crippen LogP contribution in [0.5, 0.6) is 11.5 Å². The number of amides is 1. The number of hydrogen-bond donors (Lipinski definition) is 1. The Bertz CT molecular complexity index is 578. The van der Waals surface area contributed by atoms with Gasteiger partial charge in [-0.2, -0.15) is 0 Å². The highest BCUT2D eigenvalue weighted by molar-refractivity contribution is 5.84. The number of ether oxygens (including phenoxy) is 1. The van der Waals surface area contributed by atoms with Gasteiger partial charge in [0.25, 0.3) is 0 Å². The SMILES string of the molecule is O=C(Nc1ccccc1)OCN1Oc2ccccc2O1. The lowest BCUT2D eigenvalue weighted by Gasteiger charge is -2.12. The molecule has 1 aliphatic rings. The zero-order valence-electron chi connectivity index (χ0n) is 10.5. The zero-order chi connectivity index (χ0) is 13.8. The van der Waals surface area contributed by atoms with Crippen LogP contribution < -0.4 is 15.0 Å². The van der Waals surface area contributed by atoms with Crippen LogP contribution in [0.25, 0.3) is 0 Å². The van der Waals surface area contributed by atoms with E-state index in [9.17, 15) is 4.79 Å². The van der Waals surface area contributed by atoms with Crippen LogP contribution in [0.2, 0.25) is 0 Å². The van der Waals surface area contributed by atoms with Gasteiger partial charge < -0.3 is 14.4 Å². The van der Waals surface area contributed by atoms with Crippen molar-refractivity contribution in [2.45, 2.75) is 0 Å². The third kappa shape index (κ3) is 2.81. The van der Waals surface area contributed by atoms with Crippen LogP contribution in [-0.4, -0.2) is 18.1 Å². The molecule has 1 heterocycles. The number of rotatable bonds is 3. The third-order valence-electron chi connectivity index (χ3n) is 2.57. The number of carbonyl (C=O) groups is 1. The van der Waals surface area contributed by atoms with E-state index in [1.807, 2.05) is 30.3 Å². The van der Waals surface area contributed by atoms with E-state index in [-0.39, 0.29) is 6.73 Å². The zero-order valence-corrected chi connectivity index (χ0v) is 10.5. The van der Waals surface area contributed by atoms with Crippen molar-refractivity contribution >= 4 is 11.8 Å². The van der Waals surface area contributed by atoms with Crippen LogP contribution in [-0.2, 0) is 4.74 Å². The van der Waals surface area contributed by atoms with Crippen molar-refractivity contribution in [2.24, 2.45) is 0 Å². The summed E-state index contributed by atoms with van der Waals surface area (Å²) in [5.74, 6) is 1.17. The Balaban J connectivity index is 1.48. The Labute approximate surface area is 115 Å². The fraction of sp³-hybridized carbons (Fsp3) is 0.0714.